The molecule has 0 saturated carbocycles. The summed E-state index contributed by atoms with van der Waals surface area (Å²) in [7, 11) is 0. The van der Waals surface area contributed by atoms with E-state index < -0.39 is 29.4 Å². The Labute approximate surface area is 229 Å². The van der Waals surface area contributed by atoms with E-state index in [-0.39, 0.29) is 11.3 Å². The summed E-state index contributed by atoms with van der Waals surface area (Å²) in [6.45, 7) is 3.00. The van der Waals surface area contributed by atoms with Gasteiger partial charge < -0.3 is 14.1 Å². The standard InChI is InChI=1S/C28H27ClN4O6/c1-18-10-12-31(13-11-18)23-9-6-20(15-24(23)33(36)37)28(35)39-17-27(34)32-25(26-3-2-14-38-26)16-22(30-32)19-4-7-21(29)8-5-19/h2-9,14-15,18,25H,10-13,16-17H2,1H3/t25-/m0/s1. The molecule has 0 radical (unpaired) electrons. The summed E-state index contributed by atoms with van der Waals surface area (Å²) in [5.74, 6) is -0.273. The normalized spacial score (nSPS) is 17.7. The average Bonchev–Trinajstić information content (AvgIpc) is 3.63. The number of nitro groups is 1. The van der Waals surface area contributed by atoms with Crippen LogP contribution in [0.2, 0.25) is 5.02 Å². The van der Waals surface area contributed by atoms with E-state index in [0.29, 0.717) is 47.6 Å². The number of carbonyl (C=O) groups excluding carboxylic acids is 2. The molecule has 0 bridgehead atoms. The number of amides is 1. The van der Waals surface area contributed by atoms with Crippen molar-refractivity contribution in [3.63, 3.8) is 0 Å². The Hall–Kier alpha value is -4.18. The molecule has 2 aromatic carbocycles. The van der Waals surface area contributed by atoms with Crippen LogP contribution in [0.15, 0.2) is 70.4 Å². The third-order valence-corrected chi connectivity index (χ3v) is 7.33. The maximum absolute atomic E-state index is 13.1. The number of benzene rings is 2. The van der Waals surface area contributed by atoms with E-state index in [1.165, 1.54) is 23.4 Å². The summed E-state index contributed by atoms with van der Waals surface area (Å²) >= 11 is 6.00. The fraction of sp³-hybridized carbons (Fsp3) is 0.321. The summed E-state index contributed by atoms with van der Waals surface area (Å²) in [5, 5.41) is 18.1. The van der Waals surface area contributed by atoms with Gasteiger partial charge >= 0.3 is 5.97 Å². The maximum Gasteiger partial charge on any atom is 0.338 e. The van der Waals surface area contributed by atoms with E-state index in [1.807, 2.05) is 17.0 Å². The van der Waals surface area contributed by atoms with Crippen molar-refractivity contribution >= 4 is 40.6 Å². The molecule has 1 saturated heterocycles. The number of hydrazone groups is 1. The lowest BCUT2D eigenvalue weighted by atomic mass is 9.98. The first kappa shape index (κ1) is 26.4. The molecule has 1 atom stereocenters. The van der Waals surface area contributed by atoms with E-state index in [9.17, 15) is 19.7 Å². The molecule has 1 amide bonds. The highest BCUT2D eigenvalue weighted by Gasteiger charge is 2.35. The number of nitrogens with zero attached hydrogens (tertiary/aromatic N) is 4. The highest BCUT2D eigenvalue weighted by Crippen LogP contribution is 2.34. The zero-order valence-electron chi connectivity index (χ0n) is 21.3. The number of ether oxygens (including phenoxy) is 1. The molecule has 1 aromatic heterocycles. The molecular weight excluding hydrogens is 524 g/mol. The van der Waals surface area contributed by atoms with Crippen LogP contribution in [0.1, 0.15) is 53.9 Å². The zero-order valence-corrected chi connectivity index (χ0v) is 22.0. The molecule has 2 aliphatic heterocycles. The second kappa shape index (κ2) is 11.3. The first-order chi connectivity index (χ1) is 18.8. The molecule has 2 aliphatic rings. The van der Waals surface area contributed by atoms with E-state index >= 15 is 0 Å². The third kappa shape index (κ3) is 5.80. The lowest BCUT2D eigenvalue weighted by Gasteiger charge is -2.31. The number of halogens is 1. The second-order valence-corrected chi connectivity index (χ2v) is 10.2. The lowest BCUT2D eigenvalue weighted by molar-refractivity contribution is -0.384. The average molecular weight is 551 g/mol. The van der Waals surface area contributed by atoms with Crippen molar-refractivity contribution in [1.29, 1.82) is 0 Å². The van der Waals surface area contributed by atoms with Gasteiger partial charge in [-0.25, -0.2) is 9.80 Å². The maximum atomic E-state index is 13.1. The number of nitro benzene ring substituents is 1. The van der Waals surface area contributed by atoms with Crippen molar-refractivity contribution in [2.24, 2.45) is 11.0 Å². The molecule has 1 fully saturated rings. The van der Waals surface area contributed by atoms with Crippen molar-refractivity contribution in [2.45, 2.75) is 32.2 Å². The Bertz CT molecular complexity index is 1400. The summed E-state index contributed by atoms with van der Waals surface area (Å²) in [5.41, 5.74) is 1.77. The van der Waals surface area contributed by atoms with E-state index in [0.717, 1.165) is 18.4 Å². The van der Waals surface area contributed by atoms with Gasteiger partial charge in [0, 0.05) is 30.6 Å². The number of hydrogen-bond acceptors (Lipinski definition) is 8. The van der Waals surface area contributed by atoms with Gasteiger partial charge in [-0.1, -0.05) is 30.7 Å². The van der Waals surface area contributed by atoms with Crippen molar-refractivity contribution in [2.75, 3.05) is 24.6 Å². The molecular formula is C28H27ClN4O6. The third-order valence-electron chi connectivity index (χ3n) is 7.07. The molecule has 3 heterocycles. The Morgan fingerprint density at radius 3 is 2.56 bits per heavy atom. The number of esters is 1. The van der Waals surface area contributed by atoms with Crippen LogP contribution in [0.4, 0.5) is 11.4 Å². The molecule has 0 spiro atoms. The number of anilines is 1. The fourth-order valence-electron chi connectivity index (χ4n) is 4.85. The quantitative estimate of drug-likeness (QED) is 0.213. The van der Waals surface area contributed by atoms with Gasteiger partial charge in [0.15, 0.2) is 6.61 Å². The molecule has 11 heteroatoms. The van der Waals surface area contributed by atoms with E-state index in [1.54, 1.807) is 30.3 Å². The number of furan rings is 1. The van der Waals surface area contributed by atoms with Gasteiger partial charge in [-0.15, -0.1) is 0 Å². The largest absolute Gasteiger partial charge is 0.467 e. The predicted molar refractivity (Wildman–Crippen MR) is 145 cm³/mol. The van der Waals surface area contributed by atoms with Crippen molar-refractivity contribution in [3.05, 3.63) is 92.9 Å². The monoisotopic (exact) mass is 550 g/mol. The molecule has 3 aromatic rings. The van der Waals surface area contributed by atoms with Gasteiger partial charge in [0.2, 0.25) is 0 Å². The molecule has 0 unspecified atom stereocenters. The van der Waals surface area contributed by atoms with Gasteiger partial charge in [-0.3, -0.25) is 14.9 Å². The minimum absolute atomic E-state index is 0.00186. The van der Waals surface area contributed by atoms with Crippen LogP contribution in [-0.4, -0.2) is 47.2 Å². The molecule has 39 heavy (non-hydrogen) atoms. The van der Waals surface area contributed by atoms with Gasteiger partial charge in [-0.05, 0) is 60.7 Å². The minimum atomic E-state index is -0.832. The second-order valence-electron chi connectivity index (χ2n) is 9.73. The first-order valence-electron chi connectivity index (χ1n) is 12.7. The Morgan fingerprint density at radius 1 is 1.15 bits per heavy atom. The van der Waals surface area contributed by atoms with Gasteiger partial charge in [-0.2, -0.15) is 5.10 Å². The Balaban J connectivity index is 1.30. The minimum Gasteiger partial charge on any atom is -0.467 e. The van der Waals surface area contributed by atoms with Crippen LogP contribution in [0.3, 0.4) is 0 Å². The lowest BCUT2D eigenvalue weighted by Crippen LogP contribution is -2.33. The summed E-state index contributed by atoms with van der Waals surface area (Å²) in [6.07, 6.45) is 3.80. The number of hydrogen-bond donors (Lipinski definition) is 0. The summed E-state index contributed by atoms with van der Waals surface area (Å²) in [4.78, 5) is 39.2. The smallest absolute Gasteiger partial charge is 0.338 e. The van der Waals surface area contributed by atoms with E-state index in [4.69, 9.17) is 20.8 Å². The van der Waals surface area contributed by atoms with Crippen LogP contribution in [0.5, 0.6) is 0 Å². The van der Waals surface area contributed by atoms with Gasteiger partial charge in [0.05, 0.1) is 22.5 Å². The predicted octanol–water partition coefficient (Wildman–Crippen LogP) is 5.61. The fourth-order valence-corrected chi connectivity index (χ4v) is 4.98. The van der Waals surface area contributed by atoms with Gasteiger partial charge in [0.25, 0.3) is 11.6 Å². The van der Waals surface area contributed by atoms with Crippen molar-refractivity contribution in [3.8, 4) is 0 Å². The SMILES string of the molecule is CC1CCN(c2ccc(C(=O)OCC(=O)N3N=C(c4ccc(Cl)cc4)C[C@H]3c3ccco3)cc2[N+](=O)[O-])CC1. The molecule has 0 aliphatic carbocycles. The van der Waals surface area contributed by atoms with Gasteiger partial charge in [0.1, 0.15) is 17.5 Å². The molecule has 10 nitrogen and oxygen atoms in total. The molecule has 5 rings (SSSR count). The Kier molecular flexibility index (Phi) is 7.65. The van der Waals surface area contributed by atoms with Crippen LogP contribution in [0, 0.1) is 16.0 Å². The highest BCUT2D eigenvalue weighted by molar-refractivity contribution is 6.30. The molecule has 202 valence electrons. The first-order valence-corrected chi connectivity index (χ1v) is 13.1. The van der Waals surface area contributed by atoms with Crippen LogP contribution in [-0.2, 0) is 9.53 Å². The number of carbonyl (C=O) groups is 2. The topological polar surface area (TPSA) is 118 Å². The zero-order chi connectivity index (χ0) is 27.5. The summed E-state index contributed by atoms with van der Waals surface area (Å²) in [6, 6.07) is 14.3. The van der Waals surface area contributed by atoms with Crippen molar-refractivity contribution in [1.82, 2.24) is 5.01 Å². The molecule has 0 N–H and O–H groups in total. The van der Waals surface area contributed by atoms with E-state index in [2.05, 4.69) is 12.0 Å². The Morgan fingerprint density at radius 2 is 1.90 bits per heavy atom. The number of piperidine rings is 1. The van der Waals surface area contributed by atoms with Crippen molar-refractivity contribution < 1.29 is 23.7 Å². The number of rotatable bonds is 7. The summed E-state index contributed by atoms with van der Waals surface area (Å²) < 4.78 is 10.8. The highest BCUT2D eigenvalue weighted by atomic mass is 35.5. The van der Waals surface area contributed by atoms with Crippen LogP contribution >= 0.6 is 11.6 Å². The van der Waals surface area contributed by atoms with Crippen LogP contribution in [0.25, 0.3) is 0 Å². The van der Waals surface area contributed by atoms with Crippen LogP contribution < -0.4 is 4.90 Å².